The monoisotopic (exact) mass is 297 g/mol. The largest absolute Gasteiger partial charge is 0.497 e. The fourth-order valence-corrected chi connectivity index (χ4v) is 2.80. The molecule has 0 aliphatic heterocycles. The van der Waals surface area contributed by atoms with E-state index in [4.69, 9.17) is 15.7 Å². The van der Waals surface area contributed by atoms with Crippen molar-refractivity contribution in [1.82, 2.24) is 5.32 Å². The van der Waals surface area contributed by atoms with Crippen molar-refractivity contribution < 1.29 is 17.9 Å². The van der Waals surface area contributed by atoms with Crippen LogP contribution < -0.4 is 15.8 Å². The first-order valence-electron chi connectivity index (χ1n) is 5.70. The van der Waals surface area contributed by atoms with Crippen LogP contribution in [-0.2, 0) is 14.6 Å². The molecule has 0 bridgehead atoms. The summed E-state index contributed by atoms with van der Waals surface area (Å²) in [6, 6.07) is 6.04. The smallest absolute Gasteiger partial charge is 0.235 e. The average Bonchev–Trinajstić information content (AvgIpc) is 2.38. The maximum absolute atomic E-state index is 12.1. The number of rotatable bonds is 6. The van der Waals surface area contributed by atoms with Crippen LogP contribution in [0, 0.1) is 11.3 Å². The molecule has 1 aromatic rings. The summed E-state index contributed by atoms with van der Waals surface area (Å²) in [4.78, 5) is 11.4. The summed E-state index contributed by atoms with van der Waals surface area (Å²) in [7, 11) is -2.46. The van der Waals surface area contributed by atoms with Gasteiger partial charge in [0.1, 0.15) is 11.5 Å². The van der Waals surface area contributed by atoms with Crippen LogP contribution in [-0.4, -0.2) is 33.7 Å². The summed E-state index contributed by atoms with van der Waals surface area (Å²) < 4.78 is 29.1. The van der Waals surface area contributed by atoms with Crippen molar-refractivity contribution in [3.05, 3.63) is 18.2 Å². The zero-order valence-electron chi connectivity index (χ0n) is 10.9. The Hall–Kier alpha value is -2.27. The lowest BCUT2D eigenvalue weighted by Gasteiger charge is -2.09. The van der Waals surface area contributed by atoms with E-state index in [1.807, 2.05) is 6.07 Å². The summed E-state index contributed by atoms with van der Waals surface area (Å²) in [6.45, 7) is 0.110. The molecule has 108 valence electrons. The molecule has 8 heteroatoms. The van der Waals surface area contributed by atoms with Crippen LogP contribution in [0.25, 0.3) is 0 Å². The molecule has 0 aliphatic rings. The van der Waals surface area contributed by atoms with Crippen molar-refractivity contribution >= 4 is 21.4 Å². The number of ether oxygens (including phenoxy) is 1. The summed E-state index contributed by atoms with van der Waals surface area (Å²) in [6.07, 6.45) is 0.118. The van der Waals surface area contributed by atoms with Crippen molar-refractivity contribution in [3.8, 4) is 11.8 Å². The van der Waals surface area contributed by atoms with E-state index in [0.29, 0.717) is 5.75 Å². The van der Waals surface area contributed by atoms with E-state index in [2.05, 4.69) is 5.32 Å². The normalized spacial score (nSPS) is 10.6. The molecule has 3 N–H and O–H groups in total. The first kappa shape index (κ1) is 15.8. The molecule has 0 heterocycles. The van der Waals surface area contributed by atoms with Gasteiger partial charge in [-0.15, -0.1) is 0 Å². The second-order valence-electron chi connectivity index (χ2n) is 3.92. The van der Waals surface area contributed by atoms with Crippen molar-refractivity contribution in [2.45, 2.75) is 11.3 Å². The lowest BCUT2D eigenvalue weighted by molar-refractivity contribution is -0.118. The van der Waals surface area contributed by atoms with Crippen molar-refractivity contribution in [1.29, 1.82) is 5.26 Å². The number of benzene rings is 1. The molecule has 0 saturated heterocycles. The Balaban J connectivity index is 2.89. The minimum atomic E-state index is -3.86. The van der Waals surface area contributed by atoms with Gasteiger partial charge >= 0.3 is 0 Å². The Morgan fingerprint density at radius 3 is 2.80 bits per heavy atom. The van der Waals surface area contributed by atoms with E-state index in [1.54, 1.807) is 0 Å². The predicted molar refractivity (Wildman–Crippen MR) is 72.7 cm³/mol. The zero-order valence-corrected chi connectivity index (χ0v) is 11.7. The number of nitrogens with one attached hydrogen (secondary N) is 1. The maximum Gasteiger partial charge on any atom is 0.235 e. The van der Waals surface area contributed by atoms with Gasteiger partial charge in [-0.2, -0.15) is 5.26 Å². The fraction of sp³-hybridized carbons (Fsp3) is 0.333. The molecule has 1 amide bonds. The zero-order chi connectivity index (χ0) is 15.2. The van der Waals surface area contributed by atoms with Gasteiger partial charge in [0.15, 0.2) is 9.84 Å². The number of amides is 1. The van der Waals surface area contributed by atoms with Gasteiger partial charge in [0.2, 0.25) is 5.91 Å². The minimum absolute atomic E-state index is 0.0515. The number of carbonyl (C=O) groups is 1. The van der Waals surface area contributed by atoms with Gasteiger partial charge in [-0.3, -0.25) is 4.79 Å². The van der Waals surface area contributed by atoms with Gasteiger partial charge in [0.05, 0.1) is 30.2 Å². The molecule has 0 aliphatic carbocycles. The molecule has 1 aromatic carbocycles. The molecule has 20 heavy (non-hydrogen) atoms. The minimum Gasteiger partial charge on any atom is -0.497 e. The molecule has 0 unspecified atom stereocenters. The van der Waals surface area contributed by atoms with Gasteiger partial charge in [-0.1, -0.05) is 0 Å². The number of hydrogen-bond donors (Lipinski definition) is 2. The molecule has 7 nitrogen and oxygen atoms in total. The number of anilines is 1. The first-order valence-corrected chi connectivity index (χ1v) is 7.36. The number of hydrogen-bond acceptors (Lipinski definition) is 6. The fourth-order valence-electron chi connectivity index (χ4n) is 1.47. The van der Waals surface area contributed by atoms with Crippen molar-refractivity contribution in [2.75, 3.05) is 25.1 Å². The van der Waals surface area contributed by atoms with Gasteiger partial charge in [0, 0.05) is 12.6 Å². The van der Waals surface area contributed by atoms with E-state index >= 15 is 0 Å². The third kappa shape index (κ3) is 4.13. The standard InChI is InChI=1S/C12H15N3O4S/c1-19-9-3-4-10(14)11(7-9)20(17,18)8-12(16)15-6-2-5-13/h3-4,7H,2,6,8,14H2,1H3,(H,15,16). The number of nitriles is 1. The van der Waals surface area contributed by atoms with Crippen LogP contribution >= 0.6 is 0 Å². The molecule has 0 fully saturated rings. The summed E-state index contributed by atoms with van der Waals surface area (Å²) in [5.74, 6) is -1.07. The highest BCUT2D eigenvalue weighted by atomic mass is 32.2. The highest BCUT2D eigenvalue weighted by Crippen LogP contribution is 2.24. The van der Waals surface area contributed by atoms with Crippen LogP contribution in [0.3, 0.4) is 0 Å². The average molecular weight is 297 g/mol. The van der Waals surface area contributed by atoms with Gasteiger partial charge in [0.25, 0.3) is 0 Å². The number of nitrogens with two attached hydrogens (primary N) is 1. The van der Waals surface area contributed by atoms with E-state index in [1.165, 1.54) is 25.3 Å². The Labute approximate surface area is 117 Å². The van der Waals surface area contributed by atoms with Crippen LogP contribution in [0.5, 0.6) is 5.75 Å². The lowest BCUT2D eigenvalue weighted by atomic mass is 10.3. The van der Waals surface area contributed by atoms with Gasteiger partial charge in [-0.05, 0) is 12.1 Å². The summed E-state index contributed by atoms with van der Waals surface area (Å²) >= 11 is 0. The number of sulfone groups is 1. The van der Waals surface area contributed by atoms with E-state index in [-0.39, 0.29) is 23.5 Å². The molecular formula is C12H15N3O4S. The lowest BCUT2D eigenvalue weighted by Crippen LogP contribution is -2.31. The van der Waals surface area contributed by atoms with Crippen LogP contribution in [0.4, 0.5) is 5.69 Å². The third-order valence-corrected chi connectivity index (χ3v) is 4.10. The first-order chi connectivity index (χ1) is 9.40. The molecule has 0 aromatic heterocycles. The maximum atomic E-state index is 12.1. The predicted octanol–water partition coefficient (Wildman–Crippen LogP) is 0.0810. The molecule has 1 rings (SSSR count). The van der Waals surface area contributed by atoms with Crippen LogP contribution in [0.2, 0.25) is 0 Å². The molecule has 0 spiro atoms. The topological polar surface area (TPSA) is 122 Å². The van der Waals surface area contributed by atoms with Crippen molar-refractivity contribution in [3.63, 3.8) is 0 Å². The Morgan fingerprint density at radius 2 is 2.20 bits per heavy atom. The van der Waals surface area contributed by atoms with Crippen molar-refractivity contribution in [2.24, 2.45) is 0 Å². The molecule has 0 saturated carbocycles. The second-order valence-corrected chi connectivity index (χ2v) is 5.88. The number of nitrogen functional groups attached to an aromatic ring is 1. The number of nitrogens with zero attached hydrogens (tertiary/aromatic N) is 1. The Bertz CT molecular complexity index is 635. The number of carbonyl (C=O) groups excluding carboxylic acids is 1. The van der Waals surface area contributed by atoms with Gasteiger partial charge < -0.3 is 15.8 Å². The quantitative estimate of drug-likeness (QED) is 0.566. The van der Waals surface area contributed by atoms with Gasteiger partial charge in [-0.25, -0.2) is 8.42 Å². The number of methoxy groups -OCH3 is 1. The third-order valence-electron chi connectivity index (χ3n) is 2.44. The summed E-state index contributed by atoms with van der Waals surface area (Å²) in [5.41, 5.74) is 5.67. The van der Waals surface area contributed by atoms with E-state index in [9.17, 15) is 13.2 Å². The SMILES string of the molecule is COc1ccc(N)c(S(=O)(=O)CC(=O)NCCC#N)c1. The molecule has 0 radical (unpaired) electrons. The second kappa shape index (κ2) is 6.77. The molecular weight excluding hydrogens is 282 g/mol. The van der Waals surface area contributed by atoms with E-state index in [0.717, 1.165) is 0 Å². The van der Waals surface area contributed by atoms with Crippen LogP contribution in [0.1, 0.15) is 6.42 Å². The van der Waals surface area contributed by atoms with Crippen LogP contribution in [0.15, 0.2) is 23.1 Å². The molecule has 0 atom stereocenters. The Kier molecular flexibility index (Phi) is 5.34. The van der Waals surface area contributed by atoms with E-state index < -0.39 is 21.5 Å². The highest BCUT2D eigenvalue weighted by Gasteiger charge is 2.22. The Morgan fingerprint density at radius 1 is 1.50 bits per heavy atom. The summed E-state index contributed by atoms with van der Waals surface area (Å²) in [5, 5.41) is 10.7. The highest BCUT2D eigenvalue weighted by molar-refractivity contribution is 7.92.